The number of hydrogen-bond acceptors (Lipinski definition) is 5. The second kappa shape index (κ2) is 9.63. The van der Waals surface area contributed by atoms with Crippen LogP contribution in [0, 0.1) is 10.8 Å². The highest BCUT2D eigenvalue weighted by atomic mass is 16.6. The summed E-state index contributed by atoms with van der Waals surface area (Å²) < 4.78 is 16.6. The van der Waals surface area contributed by atoms with Crippen molar-refractivity contribution >= 4 is 6.09 Å². The molecule has 1 amide bonds. The van der Waals surface area contributed by atoms with Crippen LogP contribution >= 0.6 is 0 Å². The van der Waals surface area contributed by atoms with Gasteiger partial charge in [-0.1, -0.05) is 13.8 Å². The van der Waals surface area contributed by atoms with Gasteiger partial charge in [0.2, 0.25) is 5.88 Å². The first kappa shape index (κ1) is 23.6. The highest BCUT2D eigenvalue weighted by Crippen LogP contribution is 2.48. The van der Waals surface area contributed by atoms with Gasteiger partial charge in [-0.3, -0.25) is 4.90 Å². The minimum absolute atomic E-state index is 0.00914. The number of hydrogen-bond donors (Lipinski definition) is 1. The lowest BCUT2D eigenvalue weighted by molar-refractivity contribution is 0.0232. The molecule has 0 aromatic carbocycles. The predicted octanol–water partition coefficient (Wildman–Crippen LogP) is 5.30. The van der Waals surface area contributed by atoms with Crippen LogP contribution in [0.4, 0.5) is 4.79 Å². The molecular weight excluding hydrogens is 394 g/mol. The lowest BCUT2D eigenvalue weighted by Gasteiger charge is -2.24. The highest BCUT2D eigenvalue weighted by molar-refractivity contribution is 5.70. The fraction of sp³-hybridized carbons (Fsp3) is 0.750. The van der Waals surface area contributed by atoms with Crippen LogP contribution in [0.15, 0.2) is 24.5 Å². The molecule has 31 heavy (non-hydrogen) atoms. The lowest BCUT2D eigenvalue weighted by atomic mass is 10.1. The second-order valence-electron chi connectivity index (χ2n) is 10.8. The van der Waals surface area contributed by atoms with Crippen LogP contribution in [0.3, 0.4) is 0 Å². The zero-order valence-electron chi connectivity index (χ0n) is 19.8. The Hall–Kier alpha value is -2.02. The Morgan fingerprint density at radius 1 is 1.16 bits per heavy atom. The molecule has 7 nitrogen and oxygen atoms in total. The Bertz CT molecular complexity index is 731. The number of aromatic nitrogens is 2. The minimum atomic E-state index is -0.454. The zero-order chi connectivity index (χ0) is 22.5. The van der Waals surface area contributed by atoms with Crippen LogP contribution in [0.5, 0.6) is 5.88 Å². The highest BCUT2D eigenvalue weighted by Gasteiger charge is 2.37. The lowest BCUT2D eigenvalue weighted by Crippen LogP contribution is -2.35. The van der Waals surface area contributed by atoms with Crippen molar-refractivity contribution in [1.82, 2.24) is 15.1 Å². The van der Waals surface area contributed by atoms with E-state index in [0.717, 1.165) is 31.9 Å². The van der Waals surface area contributed by atoms with E-state index in [1.165, 1.54) is 25.7 Å². The molecule has 1 aromatic rings. The van der Waals surface area contributed by atoms with E-state index >= 15 is 0 Å². The average Bonchev–Trinajstić information content (AvgIpc) is 3.42. The van der Waals surface area contributed by atoms with E-state index in [2.05, 4.69) is 24.0 Å². The summed E-state index contributed by atoms with van der Waals surface area (Å²) in [6.07, 6.45) is 12.7. The fourth-order valence-electron chi connectivity index (χ4n) is 3.19. The van der Waals surface area contributed by atoms with Gasteiger partial charge in [-0.15, -0.1) is 0 Å². The van der Waals surface area contributed by atoms with Crippen molar-refractivity contribution in [2.45, 2.75) is 84.8 Å². The molecule has 2 aliphatic carbocycles. The summed E-state index contributed by atoms with van der Waals surface area (Å²) in [7, 11) is 0. The summed E-state index contributed by atoms with van der Waals surface area (Å²) in [5.74, 6) is 0.777. The normalized spacial score (nSPS) is 22.5. The number of nitrogens with one attached hydrogen (secondary N) is 1. The van der Waals surface area contributed by atoms with Gasteiger partial charge >= 0.3 is 6.09 Å². The van der Waals surface area contributed by atoms with Gasteiger partial charge in [0, 0.05) is 18.9 Å². The van der Waals surface area contributed by atoms with Gasteiger partial charge in [-0.2, -0.15) is 5.10 Å². The Morgan fingerprint density at radius 3 is 2.35 bits per heavy atom. The molecule has 4 rings (SSSR count). The van der Waals surface area contributed by atoms with E-state index in [-0.39, 0.29) is 12.2 Å². The summed E-state index contributed by atoms with van der Waals surface area (Å²) in [5.41, 5.74) is 0.650. The van der Waals surface area contributed by atoms with Gasteiger partial charge in [0.05, 0.1) is 25.5 Å². The van der Waals surface area contributed by atoms with Crippen LogP contribution in [0.25, 0.3) is 0 Å². The number of H-pyrrole nitrogens is 1. The molecular formula is C24H39N3O4. The van der Waals surface area contributed by atoms with Gasteiger partial charge in [-0.05, 0) is 76.2 Å². The first-order chi connectivity index (χ1) is 14.6. The first-order valence-electron chi connectivity index (χ1n) is 11.5. The summed E-state index contributed by atoms with van der Waals surface area (Å²) in [6.45, 7) is 12.4. The summed E-state index contributed by atoms with van der Waals surface area (Å²) in [5, 5.41) is 6.57. The zero-order valence-corrected chi connectivity index (χ0v) is 19.8. The SMILES string of the molecule is CC1(CCOC2C=CN(C(=O)OC(C)(C)C)C2)CC1.CC1(CCOc2ccn[nH]2)CC1. The number of rotatable bonds is 8. The van der Waals surface area contributed by atoms with Gasteiger partial charge in [0.1, 0.15) is 5.60 Å². The largest absolute Gasteiger partial charge is 0.478 e. The molecule has 0 bridgehead atoms. The number of amides is 1. The number of carbonyl (C=O) groups excluding carboxylic acids is 1. The standard InChI is InChI=1S/C15H25NO3.C9H14N2O/c1-14(2,3)19-13(17)16-9-5-12(11-16)18-10-8-15(4)6-7-15;1-9(3-4-9)5-7-12-8-2-6-10-11-8/h5,9,12H,6-8,10-11H2,1-4H3;2,6H,3-5,7H2,1H3,(H,10,11). The average molecular weight is 434 g/mol. The van der Waals surface area contributed by atoms with E-state index in [4.69, 9.17) is 14.2 Å². The molecule has 1 N–H and O–H groups in total. The molecule has 1 atom stereocenters. The third-order valence-electron chi connectivity index (χ3n) is 6.17. The van der Waals surface area contributed by atoms with Crippen molar-refractivity contribution < 1.29 is 19.0 Å². The molecule has 0 spiro atoms. The van der Waals surface area contributed by atoms with Gasteiger partial charge in [0.15, 0.2) is 0 Å². The van der Waals surface area contributed by atoms with Crippen molar-refractivity contribution in [3.8, 4) is 5.88 Å². The van der Waals surface area contributed by atoms with Crippen molar-refractivity contribution in [3.63, 3.8) is 0 Å². The maximum atomic E-state index is 11.8. The van der Waals surface area contributed by atoms with Crippen molar-refractivity contribution in [2.75, 3.05) is 19.8 Å². The van der Waals surface area contributed by atoms with E-state index in [9.17, 15) is 4.79 Å². The molecule has 1 aromatic heterocycles. The fourth-order valence-corrected chi connectivity index (χ4v) is 3.19. The molecule has 0 radical (unpaired) electrons. The second-order valence-corrected chi connectivity index (χ2v) is 10.8. The van der Waals surface area contributed by atoms with Crippen LogP contribution in [0.1, 0.15) is 73.1 Å². The predicted molar refractivity (Wildman–Crippen MR) is 120 cm³/mol. The molecule has 2 fully saturated rings. The minimum Gasteiger partial charge on any atom is -0.478 e. The Morgan fingerprint density at radius 2 is 1.81 bits per heavy atom. The summed E-state index contributed by atoms with van der Waals surface area (Å²) in [6, 6.07) is 1.84. The number of carbonyl (C=O) groups is 1. The van der Waals surface area contributed by atoms with E-state index < -0.39 is 5.60 Å². The van der Waals surface area contributed by atoms with Crippen LogP contribution < -0.4 is 4.74 Å². The van der Waals surface area contributed by atoms with Crippen molar-refractivity contribution in [3.05, 3.63) is 24.5 Å². The van der Waals surface area contributed by atoms with Crippen LogP contribution in [-0.2, 0) is 9.47 Å². The first-order valence-corrected chi connectivity index (χ1v) is 11.5. The monoisotopic (exact) mass is 433 g/mol. The molecule has 1 unspecified atom stereocenters. The van der Waals surface area contributed by atoms with Gasteiger partial charge in [-0.25, -0.2) is 9.89 Å². The molecule has 2 saturated carbocycles. The maximum Gasteiger partial charge on any atom is 0.414 e. The van der Waals surface area contributed by atoms with Crippen LogP contribution in [0.2, 0.25) is 0 Å². The van der Waals surface area contributed by atoms with E-state index in [1.807, 2.05) is 32.9 Å². The quantitative estimate of drug-likeness (QED) is 0.602. The molecule has 1 aliphatic heterocycles. The molecule has 2 heterocycles. The molecule has 0 saturated heterocycles. The third-order valence-corrected chi connectivity index (χ3v) is 6.17. The Balaban J connectivity index is 0.000000194. The molecule has 174 valence electrons. The number of nitrogens with zero attached hydrogens (tertiary/aromatic N) is 2. The van der Waals surface area contributed by atoms with E-state index in [1.54, 1.807) is 17.3 Å². The van der Waals surface area contributed by atoms with Gasteiger partial charge < -0.3 is 14.2 Å². The Kier molecular flexibility index (Phi) is 7.35. The topological polar surface area (TPSA) is 76.7 Å². The van der Waals surface area contributed by atoms with Crippen molar-refractivity contribution in [2.24, 2.45) is 10.8 Å². The molecule has 7 heteroatoms. The third kappa shape index (κ3) is 8.56. The summed E-state index contributed by atoms with van der Waals surface area (Å²) >= 11 is 0. The smallest absolute Gasteiger partial charge is 0.414 e. The van der Waals surface area contributed by atoms with Gasteiger partial charge in [0.25, 0.3) is 0 Å². The number of aromatic amines is 1. The maximum absolute atomic E-state index is 11.8. The van der Waals surface area contributed by atoms with Crippen LogP contribution in [-0.4, -0.2) is 52.7 Å². The molecule has 3 aliphatic rings. The Labute approximate surface area is 186 Å². The summed E-state index contributed by atoms with van der Waals surface area (Å²) in [4.78, 5) is 13.4. The van der Waals surface area contributed by atoms with Crippen molar-refractivity contribution in [1.29, 1.82) is 0 Å². The van der Waals surface area contributed by atoms with E-state index in [0.29, 0.717) is 17.4 Å². The number of ether oxygens (including phenoxy) is 3.